The maximum absolute atomic E-state index is 13.0. The van der Waals surface area contributed by atoms with Gasteiger partial charge in [0.25, 0.3) is 0 Å². The van der Waals surface area contributed by atoms with Crippen molar-refractivity contribution < 1.29 is 26.6 Å². The van der Waals surface area contributed by atoms with Gasteiger partial charge in [-0.1, -0.05) is 0 Å². The lowest BCUT2D eigenvalue weighted by atomic mass is 10.2. The summed E-state index contributed by atoms with van der Waals surface area (Å²) in [7, 11) is -4.83. The Morgan fingerprint density at radius 1 is 1.57 bits per heavy atom. The van der Waals surface area contributed by atoms with Crippen molar-refractivity contribution in [3.05, 3.63) is 23.9 Å². The molecule has 0 aromatic carbocycles. The molecule has 1 aromatic rings. The van der Waals surface area contributed by atoms with Gasteiger partial charge in [-0.2, -0.15) is 8.42 Å². The Labute approximate surface area is 120 Å². The third kappa shape index (κ3) is 3.18. The number of nitrogens with zero attached hydrogens (tertiary/aromatic N) is 2. The summed E-state index contributed by atoms with van der Waals surface area (Å²) in [6.07, 6.45) is 0.875. The second-order valence-electron chi connectivity index (χ2n) is 4.40. The van der Waals surface area contributed by atoms with E-state index in [0.717, 1.165) is 4.90 Å². The molecular weight excluding hydrogens is 303 g/mol. The number of esters is 1. The summed E-state index contributed by atoms with van der Waals surface area (Å²) in [5, 5.41) is -1.44. The number of halogens is 1. The van der Waals surface area contributed by atoms with Crippen LogP contribution in [0.15, 0.2) is 18.3 Å². The van der Waals surface area contributed by atoms with Gasteiger partial charge in [-0.25, -0.2) is 9.78 Å². The van der Waals surface area contributed by atoms with E-state index in [4.69, 9.17) is 4.74 Å². The molecular formula is C12H13FN2O5S. The number of carbonyl (C=O) groups is 2. The van der Waals surface area contributed by atoms with Crippen LogP contribution in [0.4, 0.5) is 9.70 Å². The Kier molecular flexibility index (Phi) is 4.21. The Morgan fingerprint density at radius 2 is 2.29 bits per heavy atom. The molecule has 0 radical (unpaired) electrons. The van der Waals surface area contributed by atoms with Crippen molar-refractivity contribution in [3.63, 3.8) is 0 Å². The van der Waals surface area contributed by atoms with Crippen molar-refractivity contribution in [2.75, 3.05) is 18.1 Å². The van der Waals surface area contributed by atoms with E-state index < -0.39 is 33.8 Å². The summed E-state index contributed by atoms with van der Waals surface area (Å²) in [5.74, 6) is -1.31. The molecule has 0 saturated carbocycles. The summed E-state index contributed by atoms with van der Waals surface area (Å²) in [6, 6.07) is 2.89. The van der Waals surface area contributed by atoms with Crippen molar-refractivity contribution in [2.24, 2.45) is 0 Å². The molecule has 114 valence electrons. The monoisotopic (exact) mass is 316 g/mol. The molecule has 0 spiro atoms. The van der Waals surface area contributed by atoms with E-state index in [1.807, 2.05) is 0 Å². The summed E-state index contributed by atoms with van der Waals surface area (Å²) < 4.78 is 39.7. The van der Waals surface area contributed by atoms with E-state index >= 15 is 0 Å². The second kappa shape index (κ2) is 5.76. The van der Waals surface area contributed by atoms with Crippen LogP contribution in [0, 0.1) is 0 Å². The number of pyridine rings is 1. The number of rotatable bonds is 4. The first-order chi connectivity index (χ1) is 9.84. The number of carbonyl (C=O) groups excluding carboxylic acids is 2. The normalized spacial score (nSPS) is 18.9. The first kappa shape index (κ1) is 15.4. The van der Waals surface area contributed by atoms with Crippen LogP contribution >= 0.6 is 0 Å². The van der Waals surface area contributed by atoms with Gasteiger partial charge in [-0.3, -0.25) is 9.69 Å². The van der Waals surface area contributed by atoms with Crippen molar-refractivity contribution >= 4 is 27.9 Å². The van der Waals surface area contributed by atoms with Gasteiger partial charge >= 0.3 is 16.2 Å². The Hall–Kier alpha value is -2.03. The van der Waals surface area contributed by atoms with E-state index in [0.29, 0.717) is 0 Å². The van der Waals surface area contributed by atoms with Crippen LogP contribution < -0.4 is 4.90 Å². The third-order valence-corrected chi connectivity index (χ3v) is 4.14. The van der Waals surface area contributed by atoms with Gasteiger partial charge in [0.2, 0.25) is 5.91 Å². The predicted molar refractivity (Wildman–Crippen MR) is 71.0 cm³/mol. The van der Waals surface area contributed by atoms with E-state index in [9.17, 15) is 21.9 Å². The fraction of sp³-hybridized carbons (Fsp3) is 0.417. The molecule has 1 aliphatic rings. The Morgan fingerprint density at radius 3 is 2.86 bits per heavy atom. The zero-order valence-corrected chi connectivity index (χ0v) is 12.0. The van der Waals surface area contributed by atoms with Gasteiger partial charge in [0.1, 0.15) is 16.6 Å². The van der Waals surface area contributed by atoms with Crippen LogP contribution in [0.2, 0.25) is 0 Å². The van der Waals surface area contributed by atoms with E-state index in [1.54, 1.807) is 6.92 Å². The number of anilines is 1. The summed E-state index contributed by atoms with van der Waals surface area (Å²) in [4.78, 5) is 28.6. The fourth-order valence-corrected chi connectivity index (χ4v) is 2.72. The minimum Gasteiger partial charge on any atom is -0.462 e. The van der Waals surface area contributed by atoms with Gasteiger partial charge in [0.05, 0.1) is 6.61 Å². The molecule has 1 fully saturated rings. The minimum absolute atomic E-state index is 0.0212. The smallest absolute Gasteiger partial charge is 0.341 e. The molecule has 2 heterocycles. The molecule has 0 N–H and O–H groups in total. The molecule has 21 heavy (non-hydrogen) atoms. The summed E-state index contributed by atoms with van der Waals surface area (Å²) in [6.45, 7) is 1.39. The van der Waals surface area contributed by atoms with Crippen LogP contribution in [0.25, 0.3) is 0 Å². The van der Waals surface area contributed by atoms with E-state index in [-0.39, 0.29) is 24.5 Å². The van der Waals surface area contributed by atoms with Crippen LogP contribution in [0.1, 0.15) is 23.7 Å². The maximum atomic E-state index is 13.0. The maximum Gasteiger partial charge on any atom is 0.341 e. The largest absolute Gasteiger partial charge is 0.462 e. The topological polar surface area (TPSA) is 93.6 Å². The van der Waals surface area contributed by atoms with E-state index in [2.05, 4.69) is 4.98 Å². The lowest BCUT2D eigenvalue weighted by molar-refractivity contribution is -0.117. The van der Waals surface area contributed by atoms with Gasteiger partial charge < -0.3 is 4.74 Å². The first-order valence-electron chi connectivity index (χ1n) is 6.20. The summed E-state index contributed by atoms with van der Waals surface area (Å²) in [5.41, 5.74) is 0.0320. The van der Waals surface area contributed by atoms with Crippen molar-refractivity contribution in [3.8, 4) is 0 Å². The lowest BCUT2D eigenvalue weighted by Gasteiger charge is -2.17. The molecule has 1 amide bonds. The molecule has 1 aromatic heterocycles. The molecule has 7 nitrogen and oxygen atoms in total. The highest BCUT2D eigenvalue weighted by Gasteiger charge is 2.40. The molecule has 9 heteroatoms. The van der Waals surface area contributed by atoms with Crippen molar-refractivity contribution in [2.45, 2.75) is 18.6 Å². The highest BCUT2D eigenvalue weighted by Crippen LogP contribution is 2.27. The zero-order valence-electron chi connectivity index (χ0n) is 11.2. The fourth-order valence-electron chi connectivity index (χ4n) is 2.05. The molecule has 1 saturated heterocycles. The average Bonchev–Trinajstić information content (AvgIpc) is 2.81. The van der Waals surface area contributed by atoms with Gasteiger partial charge in [-0.15, -0.1) is 3.89 Å². The van der Waals surface area contributed by atoms with Gasteiger partial charge in [0.15, 0.2) is 0 Å². The van der Waals surface area contributed by atoms with Crippen LogP contribution in [0.3, 0.4) is 0 Å². The molecule has 1 atom stereocenters. The standard InChI is InChI=1S/C12H13FN2O5S/c1-2-20-12(17)9-4-3-5-14-11(9)15-7-8(6-10(15)16)21(13,18)19/h3-5,8H,2,6-7H2,1H3. The third-order valence-electron chi connectivity index (χ3n) is 3.03. The highest BCUT2D eigenvalue weighted by molar-refractivity contribution is 7.87. The van der Waals surface area contributed by atoms with Crippen LogP contribution in [-0.2, 0) is 19.8 Å². The number of amides is 1. The van der Waals surface area contributed by atoms with Crippen molar-refractivity contribution in [1.82, 2.24) is 4.98 Å². The van der Waals surface area contributed by atoms with Gasteiger partial charge in [0, 0.05) is 19.2 Å². The number of hydrogen-bond acceptors (Lipinski definition) is 6. The quantitative estimate of drug-likeness (QED) is 0.598. The van der Waals surface area contributed by atoms with Crippen LogP contribution in [-0.4, -0.2) is 43.7 Å². The Bertz CT molecular complexity index is 676. The minimum atomic E-state index is -4.83. The zero-order chi connectivity index (χ0) is 15.6. The first-order valence-corrected chi connectivity index (χ1v) is 7.65. The van der Waals surface area contributed by atoms with E-state index in [1.165, 1.54) is 18.3 Å². The highest BCUT2D eigenvalue weighted by atomic mass is 32.3. The summed E-state index contributed by atoms with van der Waals surface area (Å²) >= 11 is 0. The molecule has 1 aliphatic heterocycles. The number of hydrogen-bond donors (Lipinski definition) is 0. The Balaban J connectivity index is 2.35. The molecule has 1 unspecified atom stereocenters. The second-order valence-corrected chi connectivity index (χ2v) is 6.02. The van der Waals surface area contributed by atoms with Crippen molar-refractivity contribution in [1.29, 1.82) is 0 Å². The average molecular weight is 316 g/mol. The number of aromatic nitrogens is 1. The lowest BCUT2D eigenvalue weighted by Crippen LogP contribution is -2.29. The van der Waals surface area contributed by atoms with Gasteiger partial charge in [-0.05, 0) is 19.1 Å². The molecule has 0 bridgehead atoms. The number of ether oxygens (including phenoxy) is 1. The molecule has 0 aliphatic carbocycles. The molecule has 2 rings (SSSR count). The SMILES string of the molecule is CCOC(=O)c1cccnc1N1CC(S(=O)(=O)F)CC1=O. The predicted octanol–water partition coefficient (Wildman–Crippen LogP) is 0.663. The van der Waals surface area contributed by atoms with Crippen LogP contribution in [0.5, 0.6) is 0 Å².